The molecule has 0 saturated carbocycles. The first kappa shape index (κ1) is 15.1. The summed E-state index contributed by atoms with van der Waals surface area (Å²) in [4.78, 5) is 16.6. The van der Waals surface area contributed by atoms with Crippen LogP contribution in [0.5, 0.6) is 0 Å². The van der Waals surface area contributed by atoms with Crippen molar-refractivity contribution in [1.82, 2.24) is 4.98 Å². The smallest absolute Gasteiger partial charge is 0.258 e. The highest BCUT2D eigenvalue weighted by Gasteiger charge is 2.16. The molecule has 0 aliphatic heterocycles. The Balaban J connectivity index is 2.12. The second-order valence-electron chi connectivity index (χ2n) is 4.42. The molecule has 1 heterocycles. The Morgan fingerprint density at radius 2 is 1.86 bits per heavy atom. The first-order valence-corrected chi connectivity index (χ1v) is 7.78. The van der Waals surface area contributed by atoms with Gasteiger partial charge in [-0.05, 0) is 36.4 Å². The van der Waals surface area contributed by atoms with Gasteiger partial charge in [-0.1, -0.05) is 35.0 Å². The molecular weight excluding hydrogens is 343 g/mol. The average molecular weight is 351 g/mol. The first-order valence-electron chi connectivity index (χ1n) is 6.21. The number of non-ortho nitro benzene ring substituents is 1. The number of benzene rings is 2. The molecule has 2 aromatic carbocycles. The Morgan fingerprint density at radius 3 is 2.59 bits per heavy atom. The molecule has 22 heavy (non-hydrogen) atoms. The van der Waals surface area contributed by atoms with Gasteiger partial charge in [0.1, 0.15) is 0 Å². The van der Waals surface area contributed by atoms with Gasteiger partial charge in [0.15, 0.2) is 0 Å². The maximum Gasteiger partial charge on any atom is 0.278 e. The van der Waals surface area contributed by atoms with Crippen LogP contribution < -0.4 is 0 Å². The highest BCUT2D eigenvalue weighted by Crippen LogP contribution is 2.39. The van der Waals surface area contributed by atoms with Gasteiger partial charge < -0.3 is 0 Å². The molecule has 0 fully saturated rings. The first-order chi connectivity index (χ1) is 10.6. The molecular formula is C15H8Cl2N2O2S. The van der Waals surface area contributed by atoms with Crippen molar-refractivity contribution in [2.45, 2.75) is 9.79 Å². The maximum absolute atomic E-state index is 11.1. The van der Waals surface area contributed by atoms with E-state index in [0.29, 0.717) is 20.9 Å². The zero-order valence-electron chi connectivity index (χ0n) is 11.0. The molecule has 0 unspecified atom stereocenters. The van der Waals surface area contributed by atoms with Crippen molar-refractivity contribution in [3.8, 4) is 0 Å². The van der Waals surface area contributed by atoms with Crippen molar-refractivity contribution in [1.29, 1.82) is 0 Å². The molecule has 0 aliphatic carbocycles. The summed E-state index contributed by atoms with van der Waals surface area (Å²) in [6.45, 7) is 0. The fourth-order valence-corrected chi connectivity index (χ4v) is 3.50. The number of nitro benzene ring substituents is 1. The molecule has 4 nitrogen and oxygen atoms in total. The minimum Gasteiger partial charge on any atom is -0.258 e. The Labute approximate surface area is 140 Å². The van der Waals surface area contributed by atoms with Crippen LogP contribution in [0.2, 0.25) is 10.0 Å². The fraction of sp³-hybridized carbons (Fsp3) is 0. The van der Waals surface area contributed by atoms with E-state index in [1.165, 1.54) is 17.8 Å². The second-order valence-corrected chi connectivity index (χ2v) is 6.34. The van der Waals surface area contributed by atoms with E-state index in [9.17, 15) is 10.1 Å². The van der Waals surface area contributed by atoms with Crippen LogP contribution in [0.25, 0.3) is 10.9 Å². The molecule has 0 N–H and O–H groups in total. The summed E-state index contributed by atoms with van der Waals surface area (Å²) in [6.07, 6.45) is 1.61. The average Bonchev–Trinajstić information content (AvgIpc) is 2.50. The van der Waals surface area contributed by atoms with E-state index < -0.39 is 4.92 Å². The van der Waals surface area contributed by atoms with Gasteiger partial charge in [-0.2, -0.15) is 0 Å². The molecule has 0 amide bonds. The standard InChI is InChI=1S/C15H8Cl2N2O2S/c16-9-3-5-13(11(17)8-9)22-14-6-4-12(19(20)21)10-2-1-7-18-15(10)14/h1-8H. The number of hydrogen-bond acceptors (Lipinski definition) is 4. The molecule has 0 atom stereocenters. The van der Waals surface area contributed by atoms with Crippen molar-refractivity contribution < 1.29 is 4.92 Å². The minimum absolute atomic E-state index is 0.0367. The van der Waals surface area contributed by atoms with E-state index in [1.54, 1.807) is 36.5 Å². The van der Waals surface area contributed by atoms with Crippen molar-refractivity contribution in [2.24, 2.45) is 0 Å². The van der Waals surface area contributed by atoms with E-state index in [4.69, 9.17) is 23.2 Å². The molecule has 3 rings (SSSR count). The van der Waals surface area contributed by atoms with Crippen LogP contribution in [-0.2, 0) is 0 Å². The Morgan fingerprint density at radius 1 is 1.09 bits per heavy atom. The summed E-state index contributed by atoms with van der Waals surface area (Å²) in [5, 5.41) is 12.7. The van der Waals surface area contributed by atoms with Gasteiger partial charge in [-0.3, -0.25) is 15.1 Å². The number of pyridine rings is 1. The van der Waals surface area contributed by atoms with Crippen LogP contribution in [0.3, 0.4) is 0 Å². The number of fused-ring (bicyclic) bond motifs is 1. The Hall–Kier alpha value is -1.82. The topological polar surface area (TPSA) is 56.0 Å². The fourth-order valence-electron chi connectivity index (χ4n) is 2.05. The van der Waals surface area contributed by atoms with Gasteiger partial charge in [0.25, 0.3) is 5.69 Å². The van der Waals surface area contributed by atoms with Crippen LogP contribution in [0.4, 0.5) is 5.69 Å². The van der Waals surface area contributed by atoms with Crippen LogP contribution in [0, 0.1) is 10.1 Å². The molecule has 7 heteroatoms. The van der Waals surface area contributed by atoms with Gasteiger partial charge in [0.2, 0.25) is 0 Å². The molecule has 110 valence electrons. The summed E-state index contributed by atoms with van der Waals surface area (Å²) in [6, 6.07) is 11.8. The van der Waals surface area contributed by atoms with Crippen LogP contribution in [0.1, 0.15) is 0 Å². The number of aromatic nitrogens is 1. The predicted octanol–water partition coefficient (Wildman–Crippen LogP) is 5.60. The molecule has 1 aromatic heterocycles. The van der Waals surface area contributed by atoms with E-state index >= 15 is 0 Å². The van der Waals surface area contributed by atoms with Gasteiger partial charge in [0, 0.05) is 27.1 Å². The van der Waals surface area contributed by atoms with E-state index in [2.05, 4.69) is 4.98 Å². The zero-order chi connectivity index (χ0) is 15.7. The van der Waals surface area contributed by atoms with Crippen molar-refractivity contribution in [3.63, 3.8) is 0 Å². The lowest BCUT2D eigenvalue weighted by atomic mass is 10.2. The maximum atomic E-state index is 11.1. The quantitative estimate of drug-likeness (QED) is 0.455. The number of hydrogen-bond donors (Lipinski definition) is 0. The summed E-state index contributed by atoms with van der Waals surface area (Å²) >= 11 is 13.5. The van der Waals surface area contributed by atoms with Gasteiger partial charge in [0.05, 0.1) is 20.8 Å². The summed E-state index contributed by atoms with van der Waals surface area (Å²) in [5.74, 6) is 0. The third-order valence-electron chi connectivity index (χ3n) is 3.02. The zero-order valence-corrected chi connectivity index (χ0v) is 13.3. The lowest BCUT2D eigenvalue weighted by Crippen LogP contribution is -1.92. The van der Waals surface area contributed by atoms with Gasteiger partial charge in [-0.25, -0.2) is 0 Å². The number of halogens is 2. The highest BCUT2D eigenvalue weighted by atomic mass is 35.5. The lowest BCUT2D eigenvalue weighted by Gasteiger charge is -2.07. The van der Waals surface area contributed by atoms with Crippen molar-refractivity contribution in [3.05, 3.63) is 68.8 Å². The molecule has 0 spiro atoms. The number of rotatable bonds is 3. The summed E-state index contributed by atoms with van der Waals surface area (Å²) in [5.41, 5.74) is 0.613. The molecule has 0 saturated heterocycles. The molecule has 0 bridgehead atoms. The third kappa shape index (κ3) is 2.88. The monoisotopic (exact) mass is 350 g/mol. The largest absolute Gasteiger partial charge is 0.278 e. The van der Waals surface area contributed by atoms with Crippen molar-refractivity contribution in [2.75, 3.05) is 0 Å². The highest BCUT2D eigenvalue weighted by molar-refractivity contribution is 7.99. The Bertz CT molecular complexity index is 887. The number of nitro groups is 1. The Kier molecular flexibility index (Phi) is 4.20. The predicted molar refractivity (Wildman–Crippen MR) is 89.0 cm³/mol. The SMILES string of the molecule is O=[N+]([O-])c1ccc(Sc2ccc(Cl)cc2Cl)c2ncccc12. The van der Waals surface area contributed by atoms with E-state index in [-0.39, 0.29) is 5.69 Å². The minimum atomic E-state index is -0.409. The van der Waals surface area contributed by atoms with Gasteiger partial charge >= 0.3 is 0 Å². The van der Waals surface area contributed by atoms with Crippen LogP contribution in [0.15, 0.2) is 58.5 Å². The van der Waals surface area contributed by atoms with Gasteiger partial charge in [-0.15, -0.1) is 0 Å². The van der Waals surface area contributed by atoms with Crippen molar-refractivity contribution >= 4 is 51.6 Å². The lowest BCUT2D eigenvalue weighted by molar-refractivity contribution is -0.383. The second kappa shape index (κ2) is 6.12. The van der Waals surface area contributed by atoms with E-state index in [0.717, 1.165) is 9.79 Å². The van der Waals surface area contributed by atoms with Crippen LogP contribution >= 0.6 is 35.0 Å². The van der Waals surface area contributed by atoms with Crippen LogP contribution in [-0.4, -0.2) is 9.91 Å². The number of nitrogens with zero attached hydrogens (tertiary/aromatic N) is 2. The molecule has 0 radical (unpaired) electrons. The molecule has 0 aliphatic rings. The normalized spacial score (nSPS) is 10.8. The third-order valence-corrected chi connectivity index (χ3v) is 4.81. The molecule has 3 aromatic rings. The summed E-state index contributed by atoms with van der Waals surface area (Å²) in [7, 11) is 0. The summed E-state index contributed by atoms with van der Waals surface area (Å²) < 4.78 is 0. The van der Waals surface area contributed by atoms with E-state index in [1.807, 2.05) is 6.07 Å².